The monoisotopic (exact) mass is 282 g/mol. The number of carboxylic acid groups (broad SMARTS) is 1. The second-order valence-electron chi connectivity index (χ2n) is 6.06. The first-order valence-electron chi connectivity index (χ1n) is 7.93. The Balaban J connectivity index is 1.96. The Morgan fingerprint density at radius 3 is 2.50 bits per heavy atom. The van der Waals surface area contributed by atoms with Crippen LogP contribution in [0.1, 0.15) is 58.3 Å². The summed E-state index contributed by atoms with van der Waals surface area (Å²) in [6, 6.07) is -0.635. The molecular weight excluding hydrogens is 256 g/mol. The zero-order valence-corrected chi connectivity index (χ0v) is 12.3. The van der Waals surface area contributed by atoms with Gasteiger partial charge in [-0.25, -0.2) is 9.59 Å². The summed E-state index contributed by atoms with van der Waals surface area (Å²) in [6.45, 7) is 2.83. The summed E-state index contributed by atoms with van der Waals surface area (Å²) in [7, 11) is 0. The van der Waals surface area contributed by atoms with Gasteiger partial charge in [-0.3, -0.25) is 0 Å². The summed E-state index contributed by atoms with van der Waals surface area (Å²) in [5.41, 5.74) is 0. The van der Waals surface area contributed by atoms with Crippen LogP contribution in [0.3, 0.4) is 0 Å². The van der Waals surface area contributed by atoms with Gasteiger partial charge in [-0.2, -0.15) is 0 Å². The summed E-state index contributed by atoms with van der Waals surface area (Å²) in [5.74, 6) is -0.801. The molecule has 2 N–H and O–H groups in total. The molecule has 20 heavy (non-hydrogen) atoms. The van der Waals surface area contributed by atoms with Gasteiger partial charge in [0.25, 0.3) is 0 Å². The molecule has 1 heterocycles. The van der Waals surface area contributed by atoms with E-state index in [1.54, 1.807) is 0 Å². The number of carbonyl (C=O) groups excluding carboxylic acids is 1. The first-order chi connectivity index (χ1) is 9.63. The highest BCUT2D eigenvalue weighted by molar-refractivity contribution is 5.83. The van der Waals surface area contributed by atoms with E-state index in [-0.39, 0.29) is 18.0 Å². The molecule has 2 aliphatic rings. The average molecular weight is 282 g/mol. The Labute approximate surface area is 120 Å². The minimum atomic E-state index is -0.891. The second kappa shape index (κ2) is 6.95. The fourth-order valence-corrected chi connectivity index (χ4v) is 3.59. The highest BCUT2D eigenvalue weighted by atomic mass is 16.4. The van der Waals surface area contributed by atoms with Crippen molar-refractivity contribution in [3.63, 3.8) is 0 Å². The molecule has 1 saturated carbocycles. The summed E-state index contributed by atoms with van der Waals surface area (Å²) >= 11 is 0. The predicted molar refractivity (Wildman–Crippen MR) is 76.5 cm³/mol. The summed E-state index contributed by atoms with van der Waals surface area (Å²) in [6.07, 6.45) is 8.15. The lowest BCUT2D eigenvalue weighted by Crippen LogP contribution is -2.52. The number of rotatable bonds is 4. The van der Waals surface area contributed by atoms with Crippen LogP contribution in [0, 0.1) is 5.92 Å². The van der Waals surface area contributed by atoms with Crippen LogP contribution < -0.4 is 5.32 Å². The van der Waals surface area contributed by atoms with Gasteiger partial charge in [-0.05, 0) is 38.0 Å². The van der Waals surface area contributed by atoms with E-state index in [9.17, 15) is 14.7 Å². The van der Waals surface area contributed by atoms with Crippen LogP contribution in [0.15, 0.2) is 0 Å². The number of nitrogens with one attached hydrogen (secondary N) is 1. The lowest BCUT2D eigenvalue weighted by Gasteiger charge is -2.31. The van der Waals surface area contributed by atoms with E-state index in [0.29, 0.717) is 0 Å². The molecule has 114 valence electrons. The van der Waals surface area contributed by atoms with E-state index in [4.69, 9.17) is 0 Å². The minimum absolute atomic E-state index is 0.0906. The van der Waals surface area contributed by atoms with Crippen LogP contribution in [0.4, 0.5) is 4.79 Å². The molecule has 0 aromatic rings. The first-order valence-corrected chi connectivity index (χ1v) is 7.93. The number of likely N-dealkylation sites (tertiary alicyclic amines) is 1. The molecule has 5 nitrogen and oxygen atoms in total. The van der Waals surface area contributed by atoms with Gasteiger partial charge >= 0.3 is 12.0 Å². The normalized spacial score (nSPS) is 25.4. The van der Waals surface area contributed by atoms with Crippen molar-refractivity contribution in [3.8, 4) is 0 Å². The first kappa shape index (κ1) is 15.1. The van der Waals surface area contributed by atoms with Gasteiger partial charge in [0.2, 0.25) is 0 Å². The van der Waals surface area contributed by atoms with Crippen LogP contribution in [0.5, 0.6) is 0 Å². The van der Waals surface area contributed by atoms with E-state index in [1.807, 2.05) is 4.90 Å². The number of amides is 2. The molecule has 2 atom stereocenters. The number of carboxylic acids is 1. The number of carbonyl (C=O) groups is 2. The topological polar surface area (TPSA) is 69.6 Å². The quantitative estimate of drug-likeness (QED) is 0.832. The molecule has 0 bridgehead atoms. The van der Waals surface area contributed by atoms with Crippen molar-refractivity contribution in [2.45, 2.75) is 70.4 Å². The van der Waals surface area contributed by atoms with Gasteiger partial charge in [0.1, 0.15) is 6.04 Å². The lowest BCUT2D eigenvalue weighted by molar-refractivity contribution is -0.141. The number of hydrogen-bond acceptors (Lipinski definition) is 2. The van der Waals surface area contributed by atoms with Crippen molar-refractivity contribution in [1.29, 1.82) is 0 Å². The third kappa shape index (κ3) is 3.44. The van der Waals surface area contributed by atoms with E-state index in [2.05, 4.69) is 12.2 Å². The Morgan fingerprint density at radius 2 is 1.90 bits per heavy atom. The van der Waals surface area contributed by atoms with Crippen molar-refractivity contribution < 1.29 is 14.7 Å². The molecule has 2 amide bonds. The Kier molecular flexibility index (Phi) is 5.26. The van der Waals surface area contributed by atoms with E-state index < -0.39 is 12.0 Å². The van der Waals surface area contributed by atoms with Gasteiger partial charge in [-0.15, -0.1) is 0 Å². The van der Waals surface area contributed by atoms with Crippen LogP contribution >= 0.6 is 0 Å². The highest BCUT2D eigenvalue weighted by Gasteiger charge is 2.34. The smallest absolute Gasteiger partial charge is 0.326 e. The maximum atomic E-state index is 12.3. The third-order valence-electron chi connectivity index (χ3n) is 4.78. The van der Waals surface area contributed by atoms with E-state index in [1.165, 1.54) is 6.42 Å². The standard InChI is InChI=1S/C15H26N2O3/c1-2-12-9-6-10-17(12)15(20)16-13(14(18)19)11-7-4-3-5-8-11/h11-13H,2-10H2,1H3,(H,16,20)(H,18,19). The molecule has 2 unspecified atom stereocenters. The fraction of sp³-hybridized carbons (Fsp3) is 0.867. The van der Waals surface area contributed by atoms with Crippen LogP contribution in [-0.4, -0.2) is 40.6 Å². The Morgan fingerprint density at radius 1 is 1.20 bits per heavy atom. The van der Waals surface area contributed by atoms with Gasteiger partial charge in [0.15, 0.2) is 0 Å². The molecular formula is C15H26N2O3. The summed E-state index contributed by atoms with van der Waals surface area (Å²) < 4.78 is 0. The van der Waals surface area contributed by atoms with Gasteiger partial charge in [-0.1, -0.05) is 26.2 Å². The van der Waals surface area contributed by atoms with Gasteiger partial charge < -0.3 is 15.3 Å². The molecule has 1 aliphatic carbocycles. The lowest BCUT2D eigenvalue weighted by atomic mass is 9.84. The molecule has 5 heteroatoms. The number of hydrogen-bond donors (Lipinski definition) is 2. The molecule has 1 aliphatic heterocycles. The van der Waals surface area contributed by atoms with Crippen molar-refractivity contribution >= 4 is 12.0 Å². The van der Waals surface area contributed by atoms with Crippen molar-refractivity contribution in [2.24, 2.45) is 5.92 Å². The Bertz CT molecular complexity index is 353. The molecule has 0 spiro atoms. The van der Waals surface area contributed by atoms with Crippen molar-refractivity contribution in [2.75, 3.05) is 6.54 Å². The van der Waals surface area contributed by atoms with Crippen LogP contribution in [0.25, 0.3) is 0 Å². The van der Waals surface area contributed by atoms with Gasteiger partial charge in [0.05, 0.1) is 0 Å². The van der Waals surface area contributed by atoms with Crippen molar-refractivity contribution in [3.05, 3.63) is 0 Å². The molecule has 0 aromatic carbocycles. The molecule has 2 rings (SSSR count). The zero-order chi connectivity index (χ0) is 14.5. The predicted octanol–water partition coefficient (Wildman–Crippen LogP) is 2.60. The Hall–Kier alpha value is -1.26. The van der Waals surface area contributed by atoms with Crippen LogP contribution in [0.2, 0.25) is 0 Å². The number of urea groups is 1. The summed E-state index contributed by atoms with van der Waals surface area (Å²) in [4.78, 5) is 25.6. The minimum Gasteiger partial charge on any atom is -0.480 e. The summed E-state index contributed by atoms with van der Waals surface area (Å²) in [5, 5.41) is 12.2. The second-order valence-corrected chi connectivity index (χ2v) is 6.06. The average Bonchev–Trinajstić information content (AvgIpc) is 2.93. The highest BCUT2D eigenvalue weighted by Crippen LogP contribution is 2.27. The maximum absolute atomic E-state index is 12.3. The van der Waals surface area contributed by atoms with E-state index >= 15 is 0 Å². The van der Waals surface area contributed by atoms with E-state index in [0.717, 1.165) is 51.5 Å². The number of nitrogens with zero attached hydrogens (tertiary/aromatic N) is 1. The van der Waals surface area contributed by atoms with Gasteiger partial charge in [0, 0.05) is 12.6 Å². The molecule has 2 fully saturated rings. The maximum Gasteiger partial charge on any atom is 0.326 e. The van der Waals surface area contributed by atoms with Crippen LogP contribution in [-0.2, 0) is 4.79 Å². The number of aliphatic carboxylic acids is 1. The molecule has 1 saturated heterocycles. The molecule has 0 radical (unpaired) electrons. The third-order valence-corrected chi connectivity index (χ3v) is 4.78. The van der Waals surface area contributed by atoms with Crippen molar-refractivity contribution in [1.82, 2.24) is 10.2 Å². The fourth-order valence-electron chi connectivity index (χ4n) is 3.59. The SMILES string of the molecule is CCC1CCCN1C(=O)NC(C(=O)O)C1CCCCC1. The molecule has 0 aromatic heterocycles. The zero-order valence-electron chi connectivity index (χ0n) is 12.3. The largest absolute Gasteiger partial charge is 0.480 e.